The zero-order valence-corrected chi connectivity index (χ0v) is 12.4. The first-order valence-corrected chi connectivity index (χ1v) is 7.16. The summed E-state index contributed by atoms with van der Waals surface area (Å²) >= 11 is 5.95. The number of rotatable bonds is 3. The summed E-state index contributed by atoms with van der Waals surface area (Å²) in [6.07, 6.45) is 3.51. The molecule has 2 N–H and O–H groups in total. The van der Waals surface area contributed by atoms with Crippen molar-refractivity contribution in [1.29, 1.82) is 0 Å². The number of halogens is 1. The quantitative estimate of drug-likeness (QED) is 0.556. The molecule has 4 aromatic heterocycles. The molecule has 0 aliphatic heterocycles. The number of H-pyrrole nitrogens is 2. The van der Waals surface area contributed by atoms with E-state index in [4.69, 9.17) is 11.6 Å². The van der Waals surface area contributed by atoms with Crippen LogP contribution in [0.3, 0.4) is 0 Å². The molecule has 0 fully saturated rings. The first-order chi connectivity index (χ1) is 11.2. The van der Waals surface area contributed by atoms with Gasteiger partial charge in [0.15, 0.2) is 0 Å². The fourth-order valence-electron chi connectivity index (χ4n) is 2.35. The van der Waals surface area contributed by atoms with Gasteiger partial charge in [0.05, 0.1) is 12.7 Å². The minimum atomic E-state index is -0.153. The van der Waals surface area contributed by atoms with Crippen LogP contribution in [-0.4, -0.2) is 34.9 Å². The standard InChI is InChI=1S/C14H10ClN7O/c15-14-18-12(9-4-5-16-13(9)19-14)10-7-22(21-20-10)6-8-2-1-3-11(23)17-8/h1-5,7H,6H2,(H,17,23)(H,16,18,19). The van der Waals surface area contributed by atoms with Crippen LogP contribution in [0.4, 0.5) is 0 Å². The van der Waals surface area contributed by atoms with Gasteiger partial charge < -0.3 is 9.97 Å². The zero-order chi connectivity index (χ0) is 15.8. The van der Waals surface area contributed by atoms with E-state index in [0.29, 0.717) is 23.6 Å². The third-order valence-electron chi connectivity index (χ3n) is 3.33. The number of hydrogen-bond donors (Lipinski definition) is 2. The topological polar surface area (TPSA) is 105 Å². The van der Waals surface area contributed by atoms with Crippen molar-refractivity contribution in [3.63, 3.8) is 0 Å². The van der Waals surface area contributed by atoms with Crippen molar-refractivity contribution < 1.29 is 0 Å². The minimum Gasteiger partial charge on any atom is -0.346 e. The predicted octanol–water partition coefficient (Wildman–Crippen LogP) is 1.61. The molecule has 0 amide bonds. The fraction of sp³-hybridized carbons (Fsp3) is 0.0714. The van der Waals surface area contributed by atoms with Gasteiger partial charge in [-0.1, -0.05) is 11.3 Å². The van der Waals surface area contributed by atoms with Crippen molar-refractivity contribution in [2.75, 3.05) is 0 Å². The second kappa shape index (κ2) is 5.33. The van der Waals surface area contributed by atoms with Crippen LogP contribution >= 0.6 is 11.6 Å². The number of pyridine rings is 1. The molecule has 0 aromatic carbocycles. The molecule has 0 radical (unpaired) electrons. The summed E-state index contributed by atoms with van der Waals surface area (Å²) in [5, 5.41) is 9.15. The van der Waals surface area contributed by atoms with Crippen LogP contribution in [-0.2, 0) is 6.54 Å². The van der Waals surface area contributed by atoms with Gasteiger partial charge in [-0.2, -0.15) is 4.98 Å². The summed E-state index contributed by atoms with van der Waals surface area (Å²) in [5.41, 5.74) is 2.41. The molecule has 0 aliphatic rings. The van der Waals surface area contributed by atoms with Gasteiger partial charge in [-0.25, -0.2) is 9.67 Å². The molecule has 4 heterocycles. The van der Waals surface area contributed by atoms with Crippen LogP contribution < -0.4 is 5.56 Å². The van der Waals surface area contributed by atoms with Crippen LogP contribution in [0.15, 0.2) is 41.5 Å². The summed E-state index contributed by atoms with van der Waals surface area (Å²) in [6, 6.07) is 6.82. The monoisotopic (exact) mass is 327 g/mol. The smallest absolute Gasteiger partial charge is 0.248 e. The average Bonchev–Trinajstić information content (AvgIpc) is 3.15. The van der Waals surface area contributed by atoms with Crippen LogP contribution in [0, 0.1) is 0 Å². The molecular weight excluding hydrogens is 318 g/mol. The summed E-state index contributed by atoms with van der Waals surface area (Å²) < 4.78 is 1.62. The summed E-state index contributed by atoms with van der Waals surface area (Å²) in [6.45, 7) is 0.401. The lowest BCUT2D eigenvalue weighted by molar-refractivity contribution is 0.637. The average molecular weight is 328 g/mol. The Morgan fingerprint density at radius 3 is 3.00 bits per heavy atom. The van der Waals surface area contributed by atoms with Gasteiger partial charge in [0.1, 0.15) is 17.0 Å². The third kappa shape index (κ3) is 2.59. The molecule has 114 valence electrons. The molecule has 0 atom stereocenters. The van der Waals surface area contributed by atoms with Crippen LogP contribution in [0.25, 0.3) is 22.4 Å². The van der Waals surface area contributed by atoms with E-state index in [1.54, 1.807) is 23.1 Å². The third-order valence-corrected chi connectivity index (χ3v) is 3.50. The summed E-state index contributed by atoms with van der Waals surface area (Å²) in [4.78, 5) is 25.4. The van der Waals surface area contributed by atoms with Gasteiger partial charge in [0.2, 0.25) is 10.8 Å². The molecule has 0 aliphatic carbocycles. The second-order valence-electron chi connectivity index (χ2n) is 4.92. The Kier molecular flexibility index (Phi) is 3.16. The first kappa shape index (κ1) is 13.6. The van der Waals surface area contributed by atoms with E-state index < -0.39 is 0 Å². The van der Waals surface area contributed by atoms with Crippen molar-refractivity contribution in [3.8, 4) is 11.4 Å². The lowest BCUT2D eigenvalue weighted by atomic mass is 10.2. The van der Waals surface area contributed by atoms with Crippen molar-refractivity contribution in [2.24, 2.45) is 0 Å². The Bertz CT molecular complexity index is 1050. The van der Waals surface area contributed by atoms with E-state index in [1.807, 2.05) is 12.1 Å². The Morgan fingerprint density at radius 2 is 2.13 bits per heavy atom. The van der Waals surface area contributed by atoms with E-state index >= 15 is 0 Å². The summed E-state index contributed by atoms with van der Waals surface area (Å²) in [5.74, 6) is 0. The van der Waals surface area contributed by atoms with Crippen molar-refractivity contribution >= 4 is 22.6 Å². The minimum absolute atomic E-state index is 0.136. The van der Waals surface area contributed by atoms with E-state index in [0.717, 1.165) is 11.1 Å². The van der Waals surface area contributed by atoms with Crippen molar-refractivity contribution in [2.45, 2.75) is 6.54 Å². The maximum Gasteiger partial charge on any atom is 0.248 e. The molecule has 0 saturated carbocycles. The normalized spacial score (nSPS) is 11.2. The van der Waals surface area contributed by atoms with E-state index in [9.17, 15) is 4.79 Å². The van der Waals surface area contributed by atoms with Gasteiger partial charge in [0, 0.05) is 23.3 Å². The molecule has 0 saturated heterocycles. The number of aromatic amines is 2. The molecule has 4 aromatic rings. The van der Waals surface area contributed by atoms with Crippen LogP contribution in [0.5, 0.6) is 0 Å². The van der Waals surface area contributed by atoms with Crippen molar-refractivity contribution in [1.82, 2.24) is 34.9 Å². The largest absolute Gasteiger partial charge is 0.346 e. The van der Waals surface area contributed by atoms with E-state index in [2.05, 4.69) is 30.2 Å². The zero-order valence-electron chi connectivity index (χ0n) is 11.7. The van der Waals surface area contributed by atoms with Crippen LogP contribution in [0.1, 0.15) is 5.69 Å². The van der Waals surface area contributed by atoms with Gasteiger partial charge in [-0.15, -0.1) is 5.10 Å². The lowest BCUT2D eigenvalue weighted by Crippen LogP contribution is -2.10. The fourth-order valence-corrected chi connectivity index (χ4v) is 2.52. The molecule has 23 heavy (non-hydrogen) atoms. The molecule has 9 heteroatoms. The number of aromatic nitrogens is 7. The molecule has 0 spiro atoms. The molecule has 0 bridgehead atoms. The highest BCUT2D eigenvalue weighted by atomic mass is 35.5. The van der Waals surface area contributed by atoms with Crippen molar-refractivity contribution in [3.05, 3.63) is 58.0 Å². The number of hydrogen-bond acceptors (Lipinski definition) is 5. The molecule has 0 unspecified atom stereocenters. The first-order valence-electron chi connectivity index (χ1n) is 6.78. The van der Waals surface area contributed by atoms with Gasteiger partial charge in [0.25, 0.3) is 0 Å². The maximum atomic E-state index is 11.3. The maximum absolute atomic E-state index is 11.3. The number of nitrogens with zero attached hydrogens (tertiary/aromatic N) is 5. The van der Waals surface area contributed by atoms with Crippen LogP contribution in [0.2, 0.25) is 5.28 Å². The Hall–Kier alpha value is -3.00. The SMILES string of the molecule is O=c1cccc(Cn2cc(-c3nc(Cl)nc4[nH]ccc34)nn2)[nH]1. The second-order valence-corrected chi connectivity index (χ2v) is 5.26. The van der Waals surface area contributed by atoms with Gasteiger partial charge in [-0.05, 0) is 23.7 Å². The summed E-state index contributed by atoms with van der Waals surface area (Å²) in [7, 11) is 0. The number of nitrogens with one attached hydrogen (secondary N) is 2. The Labute approximate surface area is 134 Å². The van der Waals surface area contributed by atoms with Gasteiger partial charge in [-0.3, -0.25) is 4.79 Å². The van der Waals surface area contributed by atoms with Gasteiger partial charge >= 0.3 is 0 Å². The van der Waals surface area contributed by atoms with E-state index in [1.165, 1.54) is 6.07 Å². The van der Waals surface area contributed by atoms with E-state index in [-0.39, 0.29) is 10.8 Å². The highest BCUT2D eigenvalue weighted by Crippen LogP contribution is 2.24. The Morgan fingerprint density at radius 1 is 1.22 bits per heavy atom. The number of fused-ring (bicyclic) bond motifs is 1. The Balaban J connectivity index is 1.72. The molecular formula is C14H10ClN7O. The highest BCUT2D eigenvalue weighted by Gasteiger charge is 2.13. The molecule has 4 rings (SSSR count). The predicted molar refractivity (Wildman–Crippen MR) is 84.1 cm³/mol. The lowest BCUT2D eigenvalue weighted by Gasteiger charge is -2.00. The highest BCUT2D eigenvalue weighted by molar-refractivity contribution is 6.28. The molecule has 8 nitrogen and oxygen atoms in total.